The van der Waals surface area contributed by atoms with E-state index in [-0.39, 0.29) is 5.91 Å². The molecule has 8 nitrogen and oxygen atoms in total. The van der Waals surface area contributed by atoms with Crippen molar-refractivity contribution in [2.24, 2.45) is 0 Å². The molecule has 0 saturated carbocycles. The van der Waals surface area contributed by atoms with Crippen LogP contribution >= 0.6 is 11.3 Å². The van der Waals surface area contributed by atoms with E-state index < -0.39 is 0 Å². The summed E-state index contributed by atoms with van der Waals surface area (Å²) < 4.78 is 8.36. The Kier molecular flexibility index (Phi) is 4.85. The van der Waals surface area contributed by atoms with Gasteiger partial charge in [0.25, 0.3) is 5.91 Å². The summed E-state index contributed by atoms with van der Waals surface area (Å²) in [5.74, 6) is 1.30. The number of nitrogens with zero attached hydrogens (tertiary/aromatic N) is 5. The Hall–Kier alpha value is -4.11. The molecule has 0 fully saturated rings. The maximum Gasteiger partial charge on any atom is 0.284 e. The lowest BCUT2D eigenvalue weighted by Crippen LogP contribution is -2.11. The third-order valence-corrected chi connectivity index (χ3v) is 5.44. The molecule has 3 heterocycles. The molecule has 1 amide bonds. The Labute approximate surface area is 181 Å². The number of hydrogen-bond acceptors (Lipinski definition) is 7. The molecule has 0 bridgehead atoms. The highest BCUT2D eigenvalue weighted by molar-refractivity contribution is 7.20. The van der Waals surface area contributed by atoms with Crippen molar-refractivity contribution in [1.82, 2.24) is 25.0 Å². The molecule has 2 aromatic carbocycles. The number of carbonyl (C=O) groups is 1. The second kappa shape index (κ2) is 7.96. The van der Waals surface area contributed by atoms with Crippen molar-refractivity contribution in [1.29, 1.82) is 0 Å². The first kappa shape index (κ1) is 18.9. The van der Waals surface area contributed by atoms with Crippen LogP contribution in [-0.2, 0) is 0 Å². The molecule has 152 valence electrons. The van der Waals surface area contributed by atoms with E-state index in [1.807, 2.05) is 43.5 Å². The molecule has 0 radical (unpaired) electrons. The zero-order valence-corrected chi connectivity index (χ0v) is 17.2. The molecule has 0 aliphatic carbocycles. The van der Waals surface area contributed by atoms with Crippen molar-refractivity contribution < 1.29 is 9.53 Å². The number of hydrogen-bond donors (Lipinski definition) is 1. The van der Waals surface area contributed by atoms with Crippen LogP contribution in [0, 0.1) is 6.92 Å². The number of para-hydroxylation sites is 1. The molecule has 31 heavy (non-hydrogen) atoms. The SMILES string of the molecule is Cc1ccn(-c2ccc(Oc3ccc(NC(=O)c4nc5ccccc5s4)cc3)nn2)n1. The van der Waals surface area contributed by atoms with E-state index in [0.29, 0.717) is 28.1 Å². The highest BCUT2D eigenvalue weighted by Gasteiger charge is 2.12. The Morgan fingerprint density at radius 1 is 1.00 bits per heavy atom. The van der Waals surface area contributed by atoms with Crippen LogP contribution in [0.5, 0.6) is 11.6 Å². The number of ether oxygens (including phenoxy) is 1. The number of amides is 1. The highest BCUT2D eigenvalue weighted by atomic mass is 32.1. The third kappa shape index (κ3) is 4.12. The zero-order valence-electron chi connectivity index (χ0n) is 16.4. The maximum absolute atomic E-state index is 12.5. The minimum Gasteiger partial charge on any atom is -0.438 e. The van der Waals surface area contributed by atoms with Gasteiger partial charge in [-0.15, -0.1) is 21.5 Å². The van der Waals surface area contributed by atoms with E-state index in [0.717, 1.165) is 15.9 Å². The van der Waals surface area contributed by atoms with Crippen LogP contribution in [0.4, 0.5) is 5.69 Å². The van der Waals surface area contributed by atoms with Gasteiger partial charge in [0, 0.05) is 18.0 Å². The van der Waals surface area contributed by atoms with Crippen LogP contribution in [0.2, 0.25) is 0 Å². The Balaban J connectivity index is 1.24. The maximum atomic E-state index is 12.5. The van der Waals surface area contributed by atoms with Gasteiger partial charge in [-0.2, -0.15) is 5.10 Å². The molecule has 0 unspecified atom stereocenters. The summed E-state index contributed by atoms with van der Waals surface area (Å²) in [4.78, 5) is 16.9. The smallest absolute Gasteiger partial charge is 0.284 e. The summed E-state index contributed by atoms with van der Waals surface area (Å²) in [5, 5.41) is 15.8. The number of anilines is 1. The molecule has 0 aliphatic rings. The first-order valence-corrected chi connectivity index (χ1v) is 10.3. The van der Waals surface area contributed by atoms with Gasteiger partial charge in [0.15, 0.2) is 10.8 Å². The fourth-order valence-electron chi connectivity index (χ4n) is 2.91. The number of rotatable bonds is 5. The van der Waals surface area contributed by atoms with Crippen molar-refractivity contribution >= 4 is 33.1 Å². The summed E-state index contributed by atoms with van der Waals surface area (Å²) >= 11 is 1.36. The fraction of sp³-hybridized carbons (Fsp3) is 0.0455. The number of aryl methyl sites for hydroxylation is 1. The van der Waals surface area contributed by atoms with Crippen LogP contribution in [0.25, 0.3) is 16.0 Å². The van der Waals surface area contributed by atoms with Gasteiger partial charge in [0.1, 0.15) is 5.75 Å². The Morgan fingerprint density at radius 2 is 1.84 bits per heavy atom. The van der Waals surface area contributed by atoms with Crippen molar-refractivity contribution in [3.05, 3.63) is 83.6 Å². The second-order valence-corrected chi connectivity index (χ2v) is 7.73. The van der Waals surface area contributed by atoms with Gasteiger partial charge < -0.3 is 10.1 Å². The van der Waals surface area contributed by atoms with Crippen molar-refractivity contribution in [2.45, 2.75) is 6.92 Å². The number of carbonyl (C=O) groups excluding carboxylic acids is 1. The molecule has 9 heteroatoms. The molecule has 1 N–H and O–H groups in total. The van der Waals surface area contributed by atoms with E-state index >= 15 is 0 Å². The first-order valence-electron chi connectivity index (χ1n) is 9.45. The lowest BCUT2D eigenvalue weighted by molar-refractivity contribution is 0.102. The van der Waals surface area contributed by atoms with Gasteiger partial charge in [0.05, 0.1) is 15.9 Å². The predicted molar refractivity (Wildman–Crippen MR) is 118 cm³/mol. The molecule has 3 aromatic heterocycles. The minimum atomic E-state index is -0.245. The van der Waals surface area contributed by atoms with Crippen LogP contribution in [0.1, 0.15) is 15.5 Å². The lowest BCUT2D eigenvalue weighted by Gasteiger charge is -2.07. The van der Waals surface area contributed by atoms with Crippen molar-refractivity contribution in [2.75, 3.05) is 5.32 Å². The average molecular weight is 428 g/mol. The molecule has 0 spiro atoms. The highest BCUT2D eigenvalue weighted by Crippen LogP contribution is 2.24. The van der Waals surface area contributed by atoms with Crippen molar-refractivity contribution in [3.8, 4) is 17.4 Å². The minimum absolute atomic E-state index is 0.245. The largest absolute Gasteiger partial charge is 0.438 e. The summed E-state index contributed by atoms with van der Waals surface area (Å²) in [6, 6.07) is 20.1. The summed E-state index contributed by atoms with van der Waals surface area (Å²) in [6.45, 7) is 1.91. The van der Waals surface area contributed by atoms with Crippen LogP contribution < -0.4 is 10.1 Å². The van der Waals surface area contributed by atoms with E-state index in [1.54, 1.807) is 41.1 Å². The summed E-state index contributed by atoms with van der Waals surface area (Å²) in [6.07, 6.45) is 1.82. The summed E-state index contributed by atoms with van der Waals surface area (Å²) in [7, 11) is 0. The molecule has 5 aromatic rings. The van der Waals surface area contributed by atoms with Gasteiger partial charge in [0.2, 0.25) is 5.88 Å². The van der Waals surface area contributed by atoms with E-state index in [1.165, 1.54) is 11.3 Å². The quantitative estimate of drug-likeness (QED) is 0.439. The Morgan fingerprint density at radius 3 is 2.55 bits per heavy atom. The van der Waals surface area contributed by atoms with Crippen molar-refractivity contribution in [3.63, 3.8) is 0 Å². The van der Waals surface area contributed by atoms with E-state index in [2.05, 4.69) is 25.6 Å². The van der Waals surface area contributed by atoms with Crippen LogP contribution in [0.3, 0.4) is 0 Å². The third-order valence-electron chi connectivity index (χ3n) is 4.41. The molecular weight excluding hydrogens is 412 g/mol. The standard InChI is InChI=1S/C22H16N6O2S/c1-14-12-13-28(27-14)19-10-11-20(26-25-19)30-16-8-6-15(7-9-16)23-21(29)22-24-17-4-2-3-5-18(17)31-22/h2-13H,1H3,(H,23,29). The Bertz CT molecular complexity index is 1330. The van der Waals surface area contributed by atoms with E-state index in [9.17, 15) is 4.79 Å². The number of thiazole rings is 1. The molecule has 0 atom stereocenters. The monoisotopic (exact) mass is 428 g/mol. The molecule has 0 saturated heterocycles. The molecular formula is C22H16N6O2S. The zero-order chi connectivity index (χ0) is 21.2. The topological polar surface area (TPSA) is 94.8 Å². The van der Waals surface area contributed by atoms with Gasteiger partial charge in [-0.1, -0.05) is 12.1 Å². The number of benzene rings is 2. The average Bonchev–Trinajstić information content (AvgIpc) is 3.42. The second-order valence-electron chi connectivity index (χ2n) is 6.70. The summed E-state index contributed by atoms with van der Waals surface area (Å²) in [5.41, 5.74) is 2.36. The van der Waals surface area contributed by atoms with Gasteiger partial charge in [-0.25, -0.2) is 9.67 Å². The van der Waals surface area contributed by atoms with Gasteiger partial charge >= 0.3 is 0 Å². The number of nitrogens with one attached hydrogen (secondary N) is 1. The first-order chi connectivity index (χ1) is 15.1. The number of aromatic nitrogens is 5. The van der Waals surface area contributed by atoms with Crippen LogP contribution in [0.15, 0.2) is 72.9 Å². The lowest BCUT2D eigenvalue weighted by atomic mass is 10.3. The normalized spacial score (nSPS) is 10.9. The van der Waals surface area contributed by atoms with Crippen LogP contribution in [-0.4, -0.2) is 30.9 Å². The molecule has 5 rings (SSSR count). The van der Waals surface area contributed by atoms with Gasteiger partial charge in [-0.3, -0.25) is 4.79 Å². The van der Waals surface area contributed by atoms with Gasteiger partial charge in [-0.05, 0) is 55.5 Å². The fourth-order valence-corrected chi connectivity index (χ4v) is 3.77. The predicted octanol–water partition coefficient (Wildman–Crippen LogP) is 4.63. The number of fused-ring (bicyclic) bond motifs is 1. The molecule has 0 aliphatic heterocycles. The van der Waals surface area contributed by atoms with E-state index in [4.69, 9.17) is 4.74 Å².